The van der Waals surface area contributed by atoms with Crippen LogP contribution in [0.4, 0.5) is 0 Å². The Bertz CT molecular complexity index is 592. The van der Waals surface area contributed by atoms with E-state index in [0.717, 1.165) is 0 Å². The maximum atomic E-state index is 7.37. The summed E-state index contributed by atoms with van der Waals surface area (Å²) in [5, 5.41) is 2.41. The molecule has 0 atom stereocenters. The van der Waals surface area contributed by atoms with Crippen LogP contribution in [0.3, 0.4) is 0 Å². The van der Waals surface area contributed by atoms with Gasteiger partial charge in [0, 0.05) is 5.04 Å². The van der Waals surface area contributed by atoms with Crippen LogP contribution in [0, 0.1) is 0 Å². The molecule has 2 aromatic rings. The van der Waals surface area contributed by atoms with Crippen molar-refractivity contribution in [2.45, 2.75) is 12.0 Å². The van der Waals surface area contributed by atoms with Crippen LogP contribution in [-0.2, 0) is 0 Å². The summed E-state index contributed by atoms with van der Waals surface area (Å²) in [6.45, 7) is 2.24. The summed E-state index contributed by atoms with van der Waals surface area (Å²) in [6, 6.07) is 21.1. The number of benzene rings is 2. The molecular formula is C18H17ClSi. The first-order valence-corrected chi connectivity index (χ1v) is 9.85. The topological polar surface area (TPSA) is 0 Å². The molecule has 0 saturated carbocycles. The summed E-state index contributed by atoms with van der Waals surface area (Å²) in [5.41, 5.74) is 0. The van der Waals surface area contributed by atoms with Gasteiger partial charge in [-0.05, 0) is 10.4 Å². The Morgan fingerprint density at radius 3 is 1.55 bits per heavy atom. The fourth-order valence-electron chi connectivity index (χ4n) is 2.92. The first-order valence-electron chi connectivity index (χ1n) is 6.84. The third-order valence-electron chi connectivity index (χ3n) is 4.08. The SMILES string of the molecule is CC1([Si](Cl)(c2ccccc2)c2ccccc2)C=CC=C1. The van der Waals surface area contributed by atoms with Crippen LogP contribution in [0.25, 0.3) is 0 Å². The maximum Gasteiger partial charge on any atom is 0.230 e. The van der Waals surface area contributed by atoms with Gasteiger partial charge in [0.1, 0.15) is 0 Å². The van der Waals surface area contributed by atoms with E-state index in [9.17, 15) is 0 Å². The lowest BCUT2D eigenvalue weighted by Crippen LogP contribution is -2.60. The fourth-order valence-corrected chi connectivity index (χ4v) is 7.59. The standard InChI is InChI=1S/C18H17ClSi/c1-18(14-8-9-15-18)20(19,16-10-4-2-5-11-16)17-12-6-3-7-13-17/h2-15H,1H3. The maximum absolute atomic E-state index is 7.37. The molecule has 2 aromatic carbocycles. The van der Waals surface area contributed by atoms with Crippen LogP contribution in [-0.4, -0.2) is 7.38 Å². The first-order chi connectivity index (χ1) is 9.67. The molecular weight excluding hydrogens is 280 g/mol. The van der Waals surface area contributed by atoms with Gasteiger partial charge in [0.2, 0.25) is 7.38 Å². The molecule has 0 fully saturated rings. The minimum atomic E-state index is -2.39. The second kappa shape index (κ2) is 5.08. The molecule has 0 unspecified atom stereocenters. The second-order valence-corrected chi connectivity index (χ2v) is 10.6. The highest BCUT2D eigenvalue weighted by atomic mass is 35.6. The number of hydrogen-bond donors (Lipinski definition) is 0. The van der Waals surface area contributed by atoms with Gasteiger partial charge in [-0.15, -0.1) is 0 Å². The average molecular weight is 297 g/mol. The Kier molecular flexibility index (Phi) is 3.41. The van der Waals surface area contributed by atoms with Crippen molar-refractivity contribution >= 4 is 28.8 Å². The van der Waals surface area contributed by atoms with E-state index in [4.69, 9.17) is 11.1 Å². The smallest absolute Gasteiger partial charge is 0.154 e. The minimum Gasteiger partial charge on any atom is -0.154 e. The Labute approximate surface area is 126 Å². The minimum absolute atomic E-state index is 0.0999. The van der Waals surface area contributed by atoms with Crippen LogP contribution in [0.5, 0.6) is 0 Å². The van der Waals surface area contributed by atoms with Crippen LogP contribution in [0.2, 0.25) is 5.04 Å². The molecule has 3 rings (SSSR count). The molecule has 20 heavy (non-hydrogen) atoms. The van der Waals surface area contributed by atoms with Gasteiger partial charge in [0.25, 0.3) is 0 Å². The van der Waals surface area contributed by atoms with E-state index in [2.05, 4.69) is 79.8 Å². The van der Waals surface area contributed by atoms with Crippen LogP contribution < -0.4 is 10.4 Å². The van der Waals surface area contributed by atoms with E-state index in [1.54, 1.807) is 0 Å². The third-order valence-corrected chi connectivity index (χ3v) is 10.7. The average Bonchev–Trinajstić information content (AvgIpc) is 2.96. The molecule has 1 aliphatic rings. The zero-order valence-corrected chi connectivity index (χ0v) is 13.2. The van der Waals surface area contributed by atoms with Crippen molar-refractivity contribution in [3.05, 3.63) is 85.0 Å². The van der Waals surface area contributed by atoms with E-state index in [1.807, 2.05) is 12.1 Å². The zero-order valence-electron chi connectivity index (χ0n) is 11.5. The number of rotatable bonds is 3. The van der Waals surface area contributed by atoms with Crippen LogP contribution in [0.1, 0.15) is 6.92 Å². The number of halogens is 1. The van der Waals surface area contributed by atoms with Gasteiger partial charge in [0.15, 0.2) is 0 Å². The van der Waals surface area contributed by atoms with Gasteiger partial charge in [-0.2, -0.15) is 11.1 Å². The molecule has 0 saturated heterocycles. The van der Waals surface area contributed by atoms with E-state index in [-0.39, 0.29) is 5.04 Å². The Hall–Kier alpha value is -1.57. The Morgan fingerprint density at radius 1 is 0.750 bits per heavy atom. The van der Waals surface area contributed by atoms with Crippen molar-refractivity contribution in [1.29, 1.82) is 0 Å². The summed E-state index contributed by atoms with van der Waals surface area (Å²) in [4.78, 5) is 0. The molecule has 0 amide bonds. The number of hydrogen-bond acceptors (Lipinski definition) is 0. The first kappa shape index (κ1) is 13.4. The monoisotopic (exact) mass is 296 g/mol. The lowest BCUT2D eigenvalue weighted by Gasteiger charge is -2.38. The summed E-state index contributed by atoms with van der Waals surface area (Å²) >= 11 is 7.37. The molecule has 2 heteroatoms. The predicted molar refractivity (Wildman–Crippen MR) is 90.4 cm³/mol. The molecule has 0 radical (unpaired) electrons. The van der Waals surface area contributed by atoms with Crippen LogP contribution in [0.15, 0.2) is 85.0 Å². The molecule has 0 nitrogen and oxygen atoms in total. The normalized spacial score (nSPS) is 16.5. The summed E-state index contributed by atoms with van der Waals surface area (Å²) in [5.74, 6) is 0. The summed E-state index contributed by atoms with van der Waals surface area (Å²) < 4.78 is 0. The zero-order chi connectivity index (χ0) is 14.1. The highest BCUT2D eigenvalue weighted by molar-refractivity contribution is 7.35. The largest absolute Gasteiger partial charge is 0.230 e. The van der Waals surface area contributed by atoms with Crippen molar-refractivity contribution in [1.82, 2.24) is 0 Å². The van der Waals surface area contributed by atoms with E-state index in [0.29, 0.717) is 0 Å². The summed E-state index contributed by atoms with van der Waals surface area (Å²) in [7, 11) is -2.39. The third kappa shape index (κ3) is 1.98. The van der Waals surface area contributed by atoms with Gasteiger partial charge in [-0.25, -0.2) is 0 Å². The van der Waals surface area contributed by atoms with E-state index >= 15 is 0 Å². The molecule has 0 spiro atoms. The highest BCUT2D eigenvalue weighted by Crippen LogP contribution is 2.45. The van der Waals surface area contributed by atoms with E-state index < -0.39 is 7.38 Å². The Morgan fingerprint density at radius 2 is 1.15 bits per heavy atom. The highest BCUT2D eigenvalue weighted by Gasteiger charge is 2.50. The quantitative estimate of drug-likeness (QED) is 0.596. The van der Waals surface area contributed by atoms with Crippen molar-refractivity contribution in [2.24, 2.45) is 0 Å². The van der Waals surface area contributed by atoms with Gasteiger partial charge in [-0.3, -0.25) is 0 Å². The molecule has 0 aliphatic heterocycles. The van der Waals surface area contributed by atoms with Gasteiger partial charge < -0.3 is 0 Å². The lowest BCUT2D eigenvalue weighted by molar-refractivity contribution is 0.956. The van der Waals surface area contributed by atoms with Crippen molar-refractivity contribution in [3.63, 3.8) is 0 Å². The van der Waals surface area contributed by atoms with E-state index in [1.165, 1.54) is 10.4 Å². The number of allylic oxidation sites excluding steroid dienone is 4. The summed E-state index contributed by atoms with van der Waals surface area (Å²) in [6.07, 6.45) is 8.70. The van der Waals surface area contributed by atoms with Gasteiger partial charge >= 0.3 is 0 Å². The molecule has 0 bridgehead atoms. The molecule has 0 aromatic heterocycles. The molecule has 100 valence electrons. The van der Waals surface area contributed by atoms with Gasteiger partial charge in [-0.1, -0.05) is 91.9 Å². The lowest BCUT2D eigenvalue weighted by atomic mass is 10.2. The molecule has 0 N–H and O–H groups in total. The van der Waals surface area contributed by atoms with Crippen molar-refractivity contribution in [3.8, 4) is 0 Å². The van der Waals surface area contributed by atoms with Gasteiger partial charge in [0.05, 0.1) is 0 Å². The second-order valence-electron chi connectivity index (χ2n) is 5.39. The molecule has 1 aliphatic carbocycles. The molecule has 0 heterocycles. The fraction of sp³-hybridized carbons (Fsp3) is 0.111. The van der Waals surface area contributed by atoms with Crippen LogP contribution >= 0.6 is 11.1 Å². The van der Waals surface area contributed by atoms with Crippen molar-refractivity contribution < 1.29 is 0 Å². The van der Waals surface area contributed by atoms with Crippen molar-refractivity contribution in [2.75, 3.05) is 0 Å². The predicted octanol–water partition coefficient (Wildman–Crippen LogP) is 3.87. The Balaban J connectivity index is 2.24.